The zero-order valence-corrected chi connectivity index (χ0v) is 35.4. The van der Waals surface area contributed by atoms with E-state index in [9.17, 15) is 0 Å². The molecule has 0 radical (unpaired) electrons. The van der Waals surface area contributed by atoms with Crippen molar-refractivity contribution in [2.45, 2.75) is 5.41 Å². The molecule has 308 valence electrons. The number of benzene rings is 10. The van der Waals surface area contributed by atoms with Crippen LogP contribution in [-0.2, 0) is 5.41 Å². The highest BCUT2D eigenvalue weighted by atomic mass is 16.6. The molecule has 66 heavy (non-hydrogen) atoms. The van der Waals surface area contributed by atoms with E-state index in [1.54, 1.807) is 0 Å². The zero-order chi connectivity index (χ0) is 43.1. The monoisotopic (exact) mass is 844 g/mol. The van der Waals surface area contributed by atoms with Gasteiger partial charge in [0.05, 0.1) is 27.8 Å². The lowest BCUT2D eigenvalue weighted by molar-refractivity contribution is 0.360. The lowest BCUT2D eigenvalue weighted by atomic mass is 9.70. The van der Waals surface area contributed by atoms with E-state index in [-0.39, 0.29) is 0 Å². The summed E-state index contributed by atoms with van der Waals surface area (Å²) in [6, 6.07) is 77.9. The Bertz CT molecular complexity index is 3940. The molecule has 10 aromatic carbocycles. The second-order valence-electron chi connectivity index (χ2n) is 17.5. The molecular formula is C61H36N2O3. The Labute approximate surface area is 379 Å². The number of hydrogen-bond donors (Lipinski definition) is 0. The number of ether oxygens (including phenoxy) is 2. The number of hydrogen-bond acceptors (Lipinski definition) is 4. The van der Waals surface area contributed by atoms with Gasteiger partial charge in [0.15, 0.2) is 23.0 Å². The van der Waals surface area contributed by atoms with Crippen molar-refractivity contribution in [1.82, 2.24) is 4.57 Å². The molecule has 3 heterocycles. The van der Waals surface area contributed by atoms with E-state index in [0.717, 1.165) is 61.3 Å². The summed E-state index contributed by atoms with van der Waals surface area (Å²) >= 11 is 0. The molecule has 5 heteroatoms. The third kappa shape index (κ3) is 4.68. The minimum atomic E-state index is -0.493. The maximum atomic E-state index is 7.22. The van der Waals surface area contributed by atoms with Crippen molar-refractivity contribution in [3.63, 3.8) is 0 Å². The van der Waals surface area contributed by atoms with Gasteiger partial charge in [-0.05, 0) is 117 Å². The third-order valence-corrected chi connectivity index (χ3v) is 14.2. The lowest BCUT2D eigenvalue weighted by Gasteiger charge is -2.32. The van der Waals surface area contributed by atoms with Crippen LogP contribution in [0, 0.1) is 0 Å². The molecule has 0 N–H and O–H groups in total. The van der Waals surface area contributed by atoms with Gasteiger partial charge in [-0.2, -0.15) is 0 Å². The van der Waals surface area contributed by atoms with Gasteiger partial charge in [0.1, 0.15) is 11.2 Å². The zero-order valence-electron chi connectivity index (χ0n) is 35.4. The normalized spacial score (nSPS) is 13.5. The summed E-state index contributed by atoms with van der Waals surface area (Å²) < 4.78 is 23.2. The number of aromatic nitrogens is 1. The van der Waals surface area contributed by atoms with E-state index < -0.39 is 5.41 Å². The highest BCUT2D eigenvalue weighted by Crippen LogP contribution is 2.65. The first-order valence-corrected chi connectivity index (χ1v) is 22.5. The summed E-state index contributed by atoms with van der Waals surface area (Å²) in [7, 11) is 0. The average molecular weight is 845 g/mol. The van der Waals surface area contributed by atoms with Crippen LogP contribution in [-0.4, -0.2) is 4.57 Å². The van der Waals surface area contributed by atoms with Gasteiger partial charge >= 0.3 is 0 Å². The Morgan fingerprint density at radius 2 is 0.939 bits per heavy atom. The fourth-order valence-corrected chi connectivity index (χ4v) is 11.6. The van der Waals surface area contributed by atoms with Gasteiger partial charge in [0.2, 0.25) is 0 Å². The first kappa shape index (κ1) is 35.6. The predicted molar refractivity (Wildman–Crippen MR) is 266 cm³/mol. The van der Waals surface area contributed by atoms with E-state index in [2.05, 4.69) is 210 Å². The van der Waals surface area contributed by atoms with Gasteiger partial charge in [0, 0.05) is 39.0 Å². The maximum absolute atomic E-state index is 7.22. The van der Waals surface area contributed by atoms with Crippen molar-refractivity contribution in [3.8, 4) is 50.9 Å². The van der Waals surface area contributed by atoms with Crippen LogP contribution in [0.15, 0.2) is 223 Å². The largest absolute Gasteiger partial charge is 0.456 e. The van der Waals surface area contributed by atoms with Crippen molar-refractivity contribution in [1.29, 1.82) is 0 Å². The van der Waals surface area contributed by atoms with Gasteiger partial charge in [0.25, 0.3) is 0 Å². The molecular weight excluding hydrogens is 809 g/mol. The molecule has 0 atom stereocenters. The molecule has 12 aromatic rings. The molecule has 0 saturated carbocycles. The van der Waals surface area contributed by atoms with Crippen LogP contribution >= 0.6 is 0 Å². The second kappa shape index (κ2) is 13.1. The minimum absolute atomic E-state index is 0.493. The van der Waals surface area contributed by atoms with Crippen LogP contribution < -0.4 is 14.4 Å². The first-order valence-electron chi connectivity index (χ1n) is 22.5. The summed E-state index contributed by atoms with van der Waals surface area (Å²) in [5.74, 6) is 2.64. The summed E-state index contributed by atoms with van der Waals surface area (Å²) in [4.78, 5) is 2.27. The van der Waals surface area contributed by atoms with Gasteiger partial charge in [-0.3, -0.25) is 0 Å². The second-order valence-corrected chi connectivity index (χ2v) is 17.5. The fraction of sp³-hybridized carbons (Fsp3) is 0.0164. The van der Waals surface area contributed by atoms with Crippen LogP contribution in [0.25, 0.3) is 71.7 Å². The number of nitrogens with zero attached hydrogens (tertiary/aromatic N) is 2. The maximum Gasteiger partial charge on any atom is 0.194 e. The van der Waals surface area contributed by atoms with Gasteiger partial charge in [-0.25, -0.2) is 0 Å². The van der Waals surface area contributed by atoms with E-state index in [1.165, 1.54) is 49.7 Å². The van der Waals surface area contributed by atoms with Gasteiger partial charge in [-0.15, -0.1) is 0 Å². The van der Waals surface area contributed by atoms with Crippen LogP contribution in [0.4, 0.5) is 17.1 Å². The van der Waals surface area contributed by atoms with E-state index in [4.69, 9.17) is 13.9 Å². The van der Waals surface area contributed by atoms with E-state index in [1.807, 2.05) is 18.2 Å². The summed E-state index contributed by atoms with van der Waals surface area (Å²) in [6.07, 6.45) is 0. The summed E-state index contributed by atoms with van der Waals surface area (Å²) in [6.45, 7) is 0. The Hall–Kier alpha value is -8.80. The average Bonchev–Trinajstić information content (AvgIpc) is 4.09. The quantitative estimate of drug-likeness (QED) is 0.177. The molecule has 2 aliphatic carbocycles. The molecule has 1 aliphatic heterocycles. The third-order valence-electron chi connectivity index (χ3n) is 14.2. The minimum Gasteiger partial charge on any atom is -0.456 e. The van der Waals surface area contributed by atoms with Crippen LogP contribution in [0.1, 0.15) is 22.3 Å². The van der Waals surface area contributed by atoms with Crippen molar-refractivity contribution in [2.75, 3.05) is 4.90 Å². The molecule has 0 amide bonds. The molecule has 3 aliphatic rings. The molecule has 5 nitrogen and oxygen atoms in total. The Kier molecular flexibility index (Phi) is 7.09. The molecule has 1 spiro atoms. The summed E-state index contributed by atoms with van der Waals surface area (Å²) in [5.41, 5.74) is 17.2. The van der Waals surface area contributed by atoms with Crippen molar-refractivity contribution < 1.29 is 13.9 Å². The predicted octanol–water partition coefficient (Wildman–Crippen LogP) is 16.4. The van der Waals surface area contributed by atoms with E-state index >= 15 is 0 Å². The highest BCUT2D eigenvalue weighted by molar-refractivity contribution is 6.10. The van der Waals surface area contributed by atoms with Crippen molar-refractivity contribution in [2.24, 2.45) is 0 Å². The van der Waals surface area contributed by atoms with E-state index in [0.29, 0.717) is 23.0 Å². The highest BCUT2D eigenvalue weighted by Gasteiger charge is 2.52. The number of anilines is 3. The Morgan fingerprint density at radius 1 is 0.364 bits per heavy atom. The summed E-state index contributed by atoms with van der Waals surface area (Å²) in [5, 5.41) is 4.59. The Morgan fingerprint density at radius 3 is 1.67 bits per heavy atom. The molecule has 0 unspecified atom stereocenters. The number of para-hydroxylation sites is 4. The fourth-order valence-electron chi connectivity index (χ4n) is 11.6. The topological polar surface area (TPSA) is 39.8 Å². The molecule has 0 fully saturated rings. The SMILES string of the molecule is c1cc(N(c2ccc3c(c2)oc2ccccc23)c2cccc3c2Oc2cc4c(cc2O3)C2(c3ccccc3-c3ccccc32)c2ccccc2-4)cc(-n2c3ccccc3c3ccccc32)c1. The molecule has 0 bridgehead atoms. The smallest absolute Gasteiger partial charge is 0.194 e. The standard InChI is InChI=1S/C61H36N2O3/c1-7-23-48-40(17-1)41-18-2-8-24-49(41)61(48)50-25-9-3-19-42(50)47-35-58-59(36-51(47)61)65-56-30-14-28-54(60(56)66-58)62(39-31-32-46-45-22-6-12-29-55(45)64-57(46)34-39)37-15-13-16-38(33-37)63-52-26-10-4-20-43(52)44-21-5-11-27-53(44)63/h1-36H. The lowest BCUT2D eigenvalue weighted by Crippen LogP contribution is -2.25. The van der Waals surface area contributed by atoms with Gasteiger partial charge < -0.3 is 23.4 Å². The first-order chi connectivity index (χ1) is 32.7. The molecule has 2 aromatic heterocycles. The van der Waals surface area contributed by atoms with Gasteiger partial charge in [-0.1, -0.05) is 140 Å². The van der Waals surface area contributed by atoms with Crippen LogP contribution in [0.3, 0.4) is 0 Å². The molecule has 15 rings (SSSR count). The number of fused-ring (bicyclic) bond motifs is 18. The van der Waals surface area contributed by atoms with Crippen LogP contribution in [0.2, 0.25) is 0 Å². The molecule has 0 saturated heterocycles. The van der Waals surface area contributed by atoms with Crippen LogP contribution in [0.5, 0.6) is 23.0 Å². The number of furan rings is 1. The van der Waals surface area contributed by atoms with Crippen molar-refractivity contribution in [3.05, 3.63) is 241 Å². The Balaban J connectivity index is 0.924. The number of rotatable bonds is 4. The van der Waals surface area contributed by atoms with Crippen molar-refractivity contribution >= 4 is 60.8 Å².